The van der Waals surface area contributed by atoms with E-state index < -0.39 is 5.41 Å². The summed E-state index contributed by atoms with van der Waals surface area (Å²) in [5.41, 5.74) is 27.5. The molecule has 4 heteroatoms. The molecule has 84 heavy (non-hydrogen) atoms. The molecular weight excluding hydrogens is 1020 g/mol. The second kappa shape index (κ2) is 18.7. The molecule has 12 aromatic carbocycles. The molecule has 4 nitrogen and oxygen atoms in total. The number of fused-ring (bicyclic) bond motifs is 17. The second-order valence-corrected chi connectivity index (χ2v) is 23.7. The van der Waals surface area contributed by atoms with E-state index in [4.69, 9.17) is 8.83 Å². The summed E-state index contributed by atoms with van der Waals surface area (Å²) in [5.74, 6) is 0. The Morgan fingerprint density at radius 3 is 1.11 bits per heavy atom. The molecule has 0 N–H and O–H groups in total. The molecule has 2 aliphatic carbocycles. The summed E-state index contributed by atoms with van der Waals surface area (Å²) in [4.78, 5) is 4.95. The van der Waals surface area contributed by atoms with Crippen molar-refractivity contribution >= 4 is 78.0 Å². The highest BCUT2D eigenvalue weighted by Gasteiger charge is 2.56. The fourth-order valence-corrected chi connectivity index (χ4v) is 14.7. The van der Waals surface area contributed by atoms with Crippen molar-refractivity contribution in [3.8, 4) is 33.4 Å². The van der Waals surface area contributed by atoms with Crippen molar-refractivity contribution in [2.45, 2.75) is 52.4 Å². The largest absolute Gasteiger partial charge is 0.454 e. The van der Waals surface area contributed by atoms with Gasteiger partial charge in [-0.25, -0.2) is 0 Å². The lowest BCUT2D eigenvalue weighted by atomic mass is 9.55. The van der Waals surface area contributed by atoms with Crippen molar-refractivity contribution < 1.29 is 8.83 Å². The molecule has 0 aliphatic heterocycles. The zero-order valence-electron chi connectivity index (χ0n) is 48.0. The van der Waals surface area contributed by atoms with Crippen LogP contribution in [0.3, 0.4) is 0 Å². The van der Waals surface area contributed by atoms with Crippen LogP contribution in [0.1, 0.15) is 69.5 Å². The molecule has 402 valence electrons. The zero-order valence-corrected chi connectivity index (χ0v) is 48.0. The third-order valence-electron chi connectivity index (χ3n) is 18.6. The molecule has 0 unspecified atom stereocenters. The number of para-hydroxylation sites is 4. The van der Waals surface area contributed by atoms with Crippen LogP contribution in [-0.2, 0) is 10.8 Å². The van der Waals surface area contributed by atoms with E-state index in [1.54, 1.807) is 0 Å². The molecule has 0 fully saturated rings. The Labute approximate surface area is 490 Å². The third kappa shape index (κ3) is 7.07. The highest BCUT2D eigenvalue weighted by atomic mass is 16.3. The predicted octanol–water partition coefficient (Wildman–Crippen LogP) is 22.0. The number of hydrogen-bond acceptors (Lipinski definition) is 4. The van der Waals surface area contributed by atoms with Crippen LogP contribution in [0.5, 0.6) is 0 Å². The van der Waals surface area contributed by atoms with Crippen molar-refractivity contribution in [3.63, 3.8) is 0 Å². The average molecular weight is 1080 g/mol. The normalized spacial score (nSPS) is 13.5. The molecule has 1 spiro atoms. The Bertz CT molecular complexity index is 4690. The Kier molecular flexibility index (Phi) is 11.0. The predicted molar refractivity (Wildman–Crippen MR) is 350 cm³/mol. The van der Waals surface area contributed by atoms with Gasteiger partial charge in [-0.05, 0) is 177 Å². The van der Waals surface area contributed by atoms with E-state index in [0.717, 1.165) is 100 Å². The van der Waals surface area contributed by atoms with E-state index in [1.807, 2.05) is 0 Å². The maximum absolute atomic E-state index is 7.53. The maximum atomic E-state index is 7.53. The molecule has 0 saturated heterocycles. The third-order valence-corrected chi connectivity index (χ3v) is 18.6. The van der Waals surface area contributed by atoms with Crippen LogP contribution in [0.2, 0.25) is 0 Å². The van der Waals surface area contributed by atoms with Crippen molar-refractivity contribution in [3.05, 3.63) is 310 Å². The van der Waals surface area contributed by atoms with Gasteiger partial charge in [-0.1, -0.05) is 208 Å². The van der Waals surface area contributed by atoms with Crippen LogP contribution in [-0.4, -0.2) is 0 Å². The lowest BCUT2D eigenvalue weighted by Gasteiger charge is -2.47. The van der Waals surface area contributed by atoms with Gasteiger partial charge in [0, 0.05) is 49.7 Å². The fraction of sp³-hybridized carbons (Fsp3) is 0.100. The summed E-state index contributed by atoms with van der Waals surface area (Å²) in [6.45, 7) is 13.7. The van der Waals surface area contributed by atoms with Gasteiger partial charge in [0.15, 0.2) is 11.2 Å². The smallest absolute Gasteiger partial charge is 0.160 e. The molecular formula is C80H60N2O2. The first-order valence-corrected chi connectivity index (χ1v) is 29.3. The molecule has 14 aromatic rings. The summed E-state index contributed by atoms with van der Waals surface area (Å²) in [7, 11) is 0. The van der Waals surface area contributed by atoms with Crippen LogP contribution < -0.4 is 9.80 Å². The highest BCUT2D eigenvalue weighted by Crippen LogP contribution is 2.68. The van der Waals surface area contributed by atoms with Crippen molar-refractivity contribution in [2.24, 2.45) is 0 Å². The van der Waals surface area contributed by atoms with E-state index in [2.05, 4.69) is 306 Å². The number of anilines is 6. The molecule has 16 rings (SSSR count). The van der Waals surface area contributed by atoms with E-state index in [1.165, 1.54) is 66.8 Å². The molecule has 2 aliphatic rings. The van der Waals surface area contributed by atoms with Gasteiger partial charge in [-0.15, -0.1) is 0 Å². The van der Waals surface area contributed by atoms with Gasteiger partial charge in [-0.2, -0.15) is 0 Å². The van der Waals surface area contributed by atoms with E-state index in [9.17, 15) is 0 Å². The Hall–Kier alpha value is -10.2. The minimum atomic E-state index is -0.879. The number of aryl methyl sites for hydroxylation is 4. The minimum Gasteiger partial charge on any atom is -0.454 e. The van der Waals surface area contributed by atoms with Crippen LogP contribution in [0, 0.1) is 27.7 Å². The number of nitrogens with zero attached hydrogens (tertiary/aromatic N) is 2. The van der Waals surface area contributed by atoms with Gasteiger partial charge in [-0.3, -0.25) is 0 Å². The highest BCUT2D eigenvalue weighted by molar-refractivity contribution is 6.27. The van der Waals surface area contributed by atoms with Gasteiger partial charge in [0.1, 0.15) is 11.2 Å². The first-order valence-electron chi connectivity index (χ1n) is 29.3. The summed E-state index contributed by atoms with van der Waals surface area (Å²) >= 11 is 0. The van der Waals surface area contributed by atoms with Crippen LogP contribution >= 0.6 is 0 Å². The summed E-state index contributed by atoms with van der Waals surface area (Å²) in [5, 5.41) is 4.27. The molecule has 0 bridgehead atoms. The SMILES string of the molecule is Cc1ccc(N(c2ccccc2C)c2cc3c(c4c2oc2ccccc24)-c2c(cc(N(c4ccc(C)c(-c5ccccc5)c4)c4ccccc4C)c4oc5ccccc5c24)C32c3ccccc3C(C)(C)c3ccccc32)cc1-c1ccccc1. The lowest BCUT2D eigenvalue weighted by molar-refractivity contribution is 0.563. The first kappa shape index (κ1) is 49.6. The Morgan fingerprint density at radius 2 is 0.679 bits per heavy atom. The van der Waals surface area contributed by atoms with Gasteiger partial charge in [0.05, 0.1) is 16.8 Å². The topological polar surface area (TPSA) is 32.8 Å². The lowest BCUT2D eigenvalue weighted by Crippen LogP contribution is -2.40. The quantitative estimate of drug-likeness (QED) is 0.152. The van der Waals surface area contributed by atoms with Crippen molar-refractivity contribution in [1.29, 1.82) is 0 Å². The standard InChI is InChI=1S/C80H60N2O2/c1-49-41-43-55(45-59(49)53-27-9-7-10-28-53)81(67-37-21-13-25-51(67)3)69-47-65-75(73-57-31-15-23-39-71(57)83-77(69)73)76-66(80(65)63-35-19-17-33-61(63)79(5,6)62-34-18-20-36-64(62)80)48-70(78-74(76)58-32-16-24-40-72(58)84-78)82(68-38-22-14-26-52(68)4)56-44-42-50(2)60(46-56)54-29-11-8-12-30-54/h7-48H,1-6H3. The maximum Gasteiger partial charge on any atom is 0.160 e. The van der Waals surface area contributed by atoms with Crippen LogP contribution in [0.4, 0.5) is 34.1 Å². The van der Waals surface area contributed by atoms with Crippen molar-refractivity contribution in [1.82, 2.24) is 0 Å². The monoisotopic (exact) mass is 1080 g/mol. The first-order chi connectivity index (χ1) is 41.1. The van der Waals surface area contributed by atoms with Crippen LogP contribution in [0.15, 0.2) is 264 Å². The van der Waals surface area contributed by atoms with Gasteiger partial charge >= 0.3 is 0 Å². The fourth-order valence-electron chi connectivity index (χ4n) is 14.7. The van der Waals surface area contributed by atoms with E-state index in [0.29, 0.717) is 0 Å². The number of rotatable bonds is 8. The molecule has 0 radical (unpaired) electrons. The molecule has 0 saturated carbocycles. The molecule has 2 aromatic heterocycles. The second-order valence-electron chi connectivity index (χ2n) is 23.7. The minimum absolute atomic E-state index is 0.349. The van der Waals surface area contributed by atoms with E-state index >= 15 is 0 Å². The number of furan rings is 2. The van der Waals surface area contributed by atoms with Crippen molar-refractivity contribution in [2.75, 3.05) is 9.80 Å². The summed E-state index contributed by atoms with van der Waals surface area (Å²) in [6.07, 6.45) is 0. The summed E-state index contributed by atoms with van der Waals surface area (Å²) < 4.78 is 15.1. The molecule has 0 atom stereocenters. The van der Waals surface area contributed by atoms with E-state index in [-0.39, 0.29) is 5.41 Å². The molecule has 2 heterocycles. The molecule has 0 amide bonds. The number of benzene rings is 12. The summed E-state index contributed by atoms with van der Waals surface area (Å²) in [6, 6.07) is 94.0. The van der Waals surface area contributed by atoms with Gasteiger partial charge in [0.25, 0.3) is 0 Å². The van der Waals surface area contributed by atoms with Gasteiger partial charge < -0.3 is 18.6 Å². The Morgan fingerprint density at radius 1 is 0.310 bits per heavy atom. The van der Waals surface area contributed by atoms with Gasteiger partial charge in [0.2, 0.25) is 0 Å². The Balaban J connectivity index is 1.12. The zero-order chi connectivity index (χ0) is 56.6. The average Bonchev–Trinajstić information content (AvgIpc) is 1.48. The number of hydrogen-bond donors (Lipinski definition) is 0. The van der Waals surface area contributed by atoms with Crippen LogP contribution in [0.25, 0.3) is 77.3 Å².